The summed E-state index contributed by atoms with van der Waals surface area (Å²) >= 11 is 0. The fraction of sp³-hybridized carbons (Fsp3) is 0.312. The van der Waals surface area contributed by atoms with Crippen LogP contribution in [0.5, 0.6) is 11.5 Å². The standard InChI is InChI=1S/C16H19NO4/c1-11(17-16(18)14-5-4-8-21-14)9-12-6-7-13(19-2)15(10-12)20-3/h4-8,10-11H,9H2,1-3H3,(H,17,18)/t11-/m0/s1. The average Bonchev–Trinajstić information content (AvgIpc) is 3.01. The molecule has 1 amide bonds. The molecule has 1 heterocycles. The van der Waals surface area contributed by atoms with Crippen LogP contribution >= 0.6 is 0 Å². The summed E-state index contributed by atoms with van der Waals surface area (Å²) in [5.74, 6) is 1.47. The minimum Gasteiger partial charge on any atom is -0.493 e. The van der Waals surface area contributed by atoms with Crippen molar-refractivity contribution in [3.8, 4) is 11.5 Å². The molecule has 0 bridgehead atoms. The number of amides is 1. The second-order valence-electron chi connectivity index (χ2n) is 4.75. The number of nitrogens with one attached hydrogen (secondary N) is 1. The lowest BCUT2D eigenvalue weighted by Crippen LogP contribution is -2.33. The summed E-state index contributed by atoms with van der Waals surface area (Å²) in [7, 11) is 3.20. The Bertz CT molecular complexity index is 592. The van der Waals surface area contributed by atoms with Gasteiger partial charge in [-0.05, 0) is 43.2 Å². The highest BCUT2D eigenvalue weighted by Gasteiger charge is 2.13. The van der Waals surface area contributed by atoms with Crippen LogP contribution in [0, 0.1) is 0 Å². The third kappa shape index (κ3) is 3.78. The molecule has 0 spiro atoms. The van der Waals surface area contributed by atoms with E-state index in [0.29, 0.717) is 23.7 Å². The first kappa shape index (κ1) is 15.0. The van der Waals surface area contributed by atoms with Crippen molar-refractivity contribution in [1.82, 2.24) is 5.32 Å². The molecule has 5 nitrogen and oxygen atoms in total. The molecule has 0 aliphatic heterocycles. The third-order valence-electron chi connectivity index (χ3n) is 3.11. The molecule has 0 aliphatic carbocycles. The van der Waals surface area contributed by atoms with E-state index in [4.69, 9.17) is 13.9 Å². The van der Waals surface area contributed by atoms with E-state index in [1.54, 1.807) is 26.4 Å². The number of hydrogen-bond donors (Lipinski definition) is 1. The smallest absolute Gasteiger partial charge is 0.287 e. The van der Waals surface area contributed by atoms with Gasteiger partial charge < -0.3 is 19.2 Å². The molecule has 21 heavy (non-hydrogen) atoms. The van der Waals surface area contributed by atoms with Gasteiger partial charge in [-0.15, -0.1) is 0 Å². The summed E-state index contributed by atoms with van der Waals surface area (Å²) in [5, 5.41) is 2.89. The number of ether oxygens (including phenoxy) is 2. The molecule has 0 saturated carbocycles. The van der Waals surface area contributed by atoms with Crippen LogP contribution < -0.4 is 14.8 Å². The number of carbonyl (C=O) groups excluding carboxylic acids is 1. The van der Waals surface area contributed by atoms with Crippen LogP contribution in [-0.4, -0.2) is 26.2 Å². The van der Waals surface area contributed by atoms with Crippen molar-refractivity contribution in [2.24, 2.45) is 0 Å². The van der Waals surface area contributed by atoms with Crippen LogP contribution in [0.15, 0.2) is 41.0 Å². The van der Waals surface area contributed by atoms with Crippen LogP contribution in [0.25, 0.3) is 0 Å². The average molecular weight is 289 g/mol. The molecule has 1 N–H and O–H groups in total. The summed E-state index contributed by atoms with van der Waals surface area (Å²) < 4.78 is 15.5. The molecular formula is C16H19NO4. The lowest BCUT2D eigenvalue weighted by atomic mass is 10.1. The van der Waals surface area contributed by atoms with Crippen molar-refractivity contribution in [2.45, 2.75) is 19.4 Å². The molecule has 112 valence electrons. The first-order chi connectivity index (χ1) is 10.1. The highest BCUT2D eigenvalue weighted by Crippen LogP contribution is 2.27. The van der Waals surface area contributed by atoms with Crippen molar-refractivity contribution in [2.75, 3.05) is 14.2 Å². The number of methoxy groups -OCH3 is 2. The van der Waals surface area contributed by atoms with E-state index >= 15 is 0 Å². The Hall–Kier alpha value is -2.43. The second kappa shape index (κ2) is 6.83. The molecule has 0 radical (unpaired) electrons. The van der Waals surface area contributed by atoms with Crippen LogP contribution in [0.2, 0.25) is 0 Å². The molecule has 0 aliphatic rings. The predicted octanol–water partition coefficient (Wildman–Crippen LogP) is 2.66. The van der Waals surface area contributed by atoms with Crippen molar-refractivity contribution in [1.29, 1.82) is 0 Å². The Morgan fingerprint density at radius 2 is 2.00 bits per heavy atom. The Kier molecular flexibility index (Phi) is 4.87. The molecule has 2 rings (SSSR count). The third-order valence-corrected chi connectivity index (χ3v) is 3.11. The largest absolute Gasteiger partial charge is 0.493 e. The molecular weight excluding hydrogens is 270 g/mol. The minimum absolute atomic E-state index is 0.0271. The highest BCUT2D eigenvalue weighted by molar-refractivity contribution is 5.91. The Morgan fingerprint density at radius 3 is 2.62 bits per heavy atom. The summed E-state index contributed by atoms with van der Waals surface area (Å²) in [6.07, 6.45) is 2.17. The van der Waals surface area contributed by atoms with Crippen LogP contribution in [0.4, 0.5) is 0 Å². The Morgan fingerprint density at radius 1 is 1.24 bits per heavy atom. The van der Waals surface area contributed by atoms with Gasteiger partial charge in [-0.2, -0.15) is 0 Å². The normalized spacial score (nSPS) is 11.8. The van der Waals surface area contributed by atoms with E-state index in [-0.39, 0.29) is 11.9 Å². The maximum atomic E-state index is 11.9. The van der Waals surface area contributed by atoms with Gasteiger partial charge in [-0.25, -0.2) is 0 Å². The van der Waals surface area contributed by atoms with Crippen molar-refractivity contribution < 1.29 is 18.7 Å². The van der Waals surface area contributed by atoms with Gasteiger partial charge >= 0.3 is 0 Å². The van der Waals surface area contributed by atoms with Gasteiger partial charge in [0, 0.05) is 6.04 Å². The zero-order valence-electron chi connectivity index (χ0n) is 12.4. The zero-order valence-corrected chi connectivity index (χ0v) is 12.4. The van der Waals surface area contributed by atoms with E-state index in [2.05, 4.69) is 5.32 Å². The summed E-state index contributed by atoms with van der Waals surface area (Å²) in [4.78, 5) is 11.9. The fourth-order valence-electron chi connectivity index (χ4n) is 2.11. The first-order valence-electron chi connectivity index (χ1n) is 6.69. The Labute approximate surface area is 123 Å². The number of furan rings is 1. The van der Waals surface area contributed by atoms with Crippen LogP contribution in [0.1, 0.15) is 23.0 Å². The van der Waals surface area contributed by atoms with E-state index in [0.717, 1.165) is 5.56 Å². The van der Waals surface area contributed by atoms with E-state index in [1.165, 1.54) is 6.26 Å². The predicted molar refractivity (Wildman–Crippen MR) is 78.9 cm³/mol. The molecule has 1 atom stereocenters. The molecule has 1 aromatic heterocycles. The molecule has 0 fully saturated rings. The van der Waals surface area contributed by atoms with Gasteiger partial charge in [0.05, 0.1) is 20.5 Å². The van der Waals surface area contributed by atoms with E-state index in [1.807, 2.05) is 25.1 Å². The lowest BCUT2D eigenvalue weighted by Gasteiger charge is -2.14. The van der Waals surface area contributed by atoms with Gasteiger partial charge in [-0.1, -0.05) is 6.07 Å². The van der Waals surface area contributed by atoms with Crippen molar-refractivity contribution in [3.63, 3.8) is 0 Å². The summed E-state index contributed by atoms with van der Waals surface area (Å²) in [6, 6.07) is 9.02. The minimum atomic E-state index is -0.215. The molecule has 2 aromatic rings. The van der Waals surface area contributed by atoms with Gasteiger partial charge in [-0.3, -0.25) is 4.79 Å². The molecule has 0 unspecified atom stereocenters. The van der Waals surface area contributed by atoms with Gasteiger partial charge in [0.2, 0.25) is 0 Å². The first-order valence-corrected chi connectivity index (χ1v) is 6.69. The van der Waals surface area contributed by atoms with E-state index < -0.39 is 0 Å². The number of benzene rings is 1. The van der Waals surface area contributed by atoms with Gasteiger partial charge in [0.25, 0.3) is 5.91 Å². The highest BCUT2D eigenvalue weighted by atomic mass is 16.5. The maximum Gasteiger partial charge on any atom is 0.287 e. The number of hydrogen-bond acceptors (Lipinski definition) is 4. The Balaban J connectivity index is 1.99. The molecule has 1 aromatic carbocycles. The van der Waals surface area contributed by atoms with E-state index in [9.17, 15) is 4.79 Å². The lowest BCUT2D eigenvalue weighted by molar-refractivity contribution is 0.0912. The van der Waals surface area contributed by atoms with Crippen molar-refractivity contribution >= 4 is 5.91 Å². The SMILES string of the molecule is COc1ccc(C[C@H](C)NC(=O)c2ccco2)cc1OC. The summed E-state index contributed by atoms with van der Waals surface area (Å²) in [6.45, 7) is 1.94. The monoisotopic (exact) mass is 289 g/mol. The second-order valence-corrected chi connectivity index (χ2v) is 4.75. The number of rotatable bonds is 6. The summed E-state index contributed by atoms with van der Waals surface area (Å²) in [5.41, 5.74) is 1.06. The van der Waals surface area contributed by atoms with Gasteiger partial charge in [0.1, 0.15) is 0 Å². The fourth-order valence-corrected chi connectivity index (χ4v) is 2.11. The van der Waals surface area contributed by atoms with Crippen LogP contribution in [-0.2, 0) is 6.42 Å². The van der Waals surface area contributed by atoms with Gasteiger partial charge in [0.15, 0.2) is 17.3 Å². The van der Waals surface area contributed by atoms with Crippen molar-refractivity contribution in [3.05, 3.63) is 47.9 Å². The van der Waals surface area contributed by atoms with Crippen LogP contribution in [0.3, 0.4) is 0 Å². The molecule has 5 heteroatoms. The quantitative estimate of drug-likeness (QED) is 0.888. The number of carbonyl (C=O) groups is 1. The maximum absolute atomic E-state index is 11.9. The molecule has 0 saturated heterocycles. The zero-order chi connectivity index (χ0) is 15.2. The topological polar surface area (TPSA) is 60.7 Å².